The molecule has 3 aromatic rings. The van der Waals surface area contributed by atoms with Crippen molar-refractivity contribution in [3.05, 3.63) is 65.6 Å². The van der Waals surface area contributed by atoms with E-state index in [1.165, 1.54) is 17.8 Å². The van der Waals surface area contributed by atoms with Gasteiger partial charge in [0.05, 0.1) is 5.52 Å². The minimum atomic E-state index is -0.367. The standard InChI is InChI=1S/C25H29FN4O3/c26-18-10-12-19(13-11-18)30-22-8-5-4-7-20(22)21-17-29(16-14-23(21)30)25(32)27-15-6-2-1-3-9-24(31)28-33/h4-5,7-8,10-13,33H,1-3,6,9,14-17H2,(H,27,32)(H,28,31). The number of halogens is 1. The number of nitrogens with one attached hydrogen (secondary N) is 2. The second-order valence-electron chi connectivity index (χ2n) is 8.36. The van der Waals surface area contributed by atoms with Gasteiger partial charge in [-0.15, -0.1) is 0 Å². The zero-order chi connectivity index (χ0) is 23.2. The molecule has 2 aromatic carbocycles. The average molecular weight is 453 g/mol. The fourth-order valence-corrected chi connectivity index (χ4v) is 4.50. The van der Waals surface area contributed by atoms with Crippen LogP contribution < -0.4 is 10.8 Å². The molecule has 0 unspecified atom stereocenters. The van der Waals surface area contributed by atoms with E-state index in [0.717, 1.165) is 47.8 Å². The number of urea groups is 1. The highest BCUT2D eigenvalue weighted by atomic mass is 19.1. The Balaban J connectivity index is 1.38. The number of aromatic nitrogens is 1. The normalized spacial score (nSPS) is 13.1. The van der Waals surface area contributed by atoms with Crippen LogP contribution in [-0.2, 0) is 17.8 Å². The summed E-state index contributed by atoms with van der Waals surface area (Å²) < 4.78 is 15.6. The maximum Gasteiger partial charge on any atom is 0.317 e. The fourth-order valence-electron chi connectivity index (χ4n) is 4.50. The first-order valence-electron chi connectivity index (χ1n) is 11.4. The predicted octanol–water partition coefficient (Wildman–Crippen LogP) is 4.29. The van der Waals surface area contributed by atoms with Gasteiger partial charge in [-0.25, -0.2) is 14.7 Å². The lowest BCUT2D eigenvalue weighted by molar-refractivity contribution is -0.129. The van der Waals surface area contributed by atoms with Crippen LogP contribution in [0.3, 0.4) is 0 Å². The van der Waals surface area contributed by atoms with Crippen LogP contribution in [0.5, 0.6) is 0 Å². The molecule has 1 aliphatic heterocycles. The van der Waals surface area contributed by atoms with Crippen molar-refractivity contribution in [3.8, 4) is 5.69 Å². The molecule has 174 valence electrons. The molecule has 3 amide bonds. The first-order valence-corrected chi connectivity index (χ1v) is 11.4. The Kier molecular flexibility index (Phi) is 7.24. The number of para-hydroxylation sites is 1. The molecule has 0 saturated carbocycles. The Labute approximate surface area is 192 Å². The van der Waals surface area contributed by atoms with Crippen molar-refractivity contribution in [1.82, 2.24) is 20.3 Å². The Bertz CT molecular complexity index is 1130. The van der Waals surface area contributed by atoms with E-state index in [2.05, 4.69) is 22.0 Å². The van der Waals surface area contributed by atoms with Gasteiger partial charge in [-0.2, -0.15) is 0 Å². The quantitative estimate of drug-likeness (QED) is 0.271. The molecule has 0 atom stereocenters. The molecule has 0 saturated heterocycles. The molecule has 0 aliphatic carbocycles. The molecule has 7 nitrogen and oxygen atoms in total. The van der Waals surface area contributed by atoms with Gasteiger partial charge in [0.15, 0.2) is 0 Å². The summed E-state index contributed by atoms with van der Waals surface area (Å²) in [6.45, 7) is 1.74. The Hall–Kier alpha value is -3.39. The van der Waals surface area contributed by atoms with E-state index < -0.39 is 0 Å². The molecule has 0 spiro atoms. The molecule has 4 rings (SSSR count). The topological polar surface area (TPSA) is 86.6 Å². The van der Waals surface area contributed by atoms with E-state index in [1.54, 1.807) is 17.6 Å². The minimum Gasteiger partial charge on any atom is -0.338 e. The smallest absolute Gasteiger partial charge is 0.317 e. The highest BCUT2D eigenvalue weighted by Crippen LogP contribution is 2.33. The summed E-state index contributed by atoms with van der Waals surface area (Å²) in [6.07, 6.45) is 4.38. The molecule has 1 aliphatic rings. The van der Waals surface area contributed by atoms with Crippen LogP contribution in [0.1, 0.15) is 43.4 Å². The van der Waals surface area contributed by atoms with Gasteiger partial charge < -0.3 is 14.8 Å². The summed E-state index contributed by atoms with van der Waals surface area (Å²) in [5, 5.41) is 12.6. The van der Waals surface area contributed by atoms with E-state index in [9.17, 15) is 14.0 Å². The summed E-state index contributed by atoms with van der Waals surface area (Å²) >= 11 is 0. The zero-order valence-corrected chi connectivity index (χ0v) is 18.5. The highest BCUT2D eigenvalue weighted by Gasteiger charge is 2.26. The van der Waals surface area contributed by atoms with Gasteiger partial charge in [0.2, 0.25) is 5.91 Å². The maximum atomic E-state index is 13.5. The molecule has 2 heterocycles. The van der Waals surface area contributed by atoms with Gasteiger partial charge in [-0.05, 0) is 43.2 Å². The lowest BCUT2D eigenvalue weighted by Crippen LogP contribution is -2.43. The van der Waals surface area contributed by atoms with E-state index in [1.807, 2.05) is 17.0 Å². The third-order valence-corrected chi connectivity index (χ3v) is 6.16. The van der Waals surface area contributed by atoms with E-state index >= 15 is 0 Å². The predicted molar refractivity (Wildman–Crippen MR) is 124 cm³/mol. The Morgan fingerprint density at radius 3 is 2.55 bits per heavy atom. The molecule has 1 aromatic heterocycles. The second kappa shape index (κ2) is 10.5. The molecule has 3 N–H and O–H groups in total. The second-order valence-corrected chi connectivity index (χ2v) is 8.36. The molecular formula is C25H29FN4O3. The van der Waals surface area contributed by atoms with E-state index in [-0.39, 0.29) is 17.8 Å². The van der Waals surface area contributed by atoms with Crippen molar-refractivity contribution in [2.75, 3.05) is 13.1 Å². The molecule has 8 heteroatoms. The molecule has 0 fully saturated rings. The number of carbonyl (C=O) groups excluding carboxylic acids is 2. The van der Waals surface area contributed by atoms with Crippen LogP contribution in [-0.4, -0.2) is 39.7 Å². The van der Waals surface area contributed by atoms with Crippen molar-refractivity contribution in [2.45, 2.75) is 45.1 Å². The van der Waals surface area contributed by atoms with E-state index in [4.69, 9.17) is 5.21 Å². The van der Waals surface area contributed by atoms with Crippen LogP contribution in [0, 0.1) is 5.82 Å². The van der Waals surface area contributed by atoms with Gasteiger partial charge in [0, 0.05) is 54.8 Å². The number of nitrogens with zero attached hydrogens (tertiary/aromatic N) is 2. The third-order valence-electron chi connectivity index (χ3n) is 6.16. The lowest BCUT2D eigenvalue weighted by atomic mass is 10.0. The number of carbonyl (C=O) groups is 2. The van der Waals surface area contributed by atoms with Gasteiger partial charge in [0.25, 0.3) is 0 Å². The van der Waals surface area contributed by atoms with Crippen molar-refractivity contribution in [2.24, 2.45) is 0 Å². The minimum absolute atomic E-state index is 0.0704. The monoisotopic (exact) mass is 452 g/mol. The highest BCUT2D eigenvalue weighted by molar-refractivity contribution is 5.88. The van der Waals surface area contributed by atoms with Crippen molar-refractivity contribution < 1.29 is 19.2 Å². The fraction of sp³-hybridized carbons (Fsp3) is 0.360. The number of hydroxylamine groups is 1. The number of unbranched alkanes of at least 4 members (excludes halogenated alkanes) is 3. The molecular weight excluding hydrogens is 423 g/mol. The van der Waals surface area contributed by atoms with Crippen molar-refractivity contribution >= 4 is 22.8 Å². The zero-order valence-electron chi connectivity index (χ0n) is 18.5. The largest absolute Gasteiger partial charge is 0.338 e. The van der Waals surface area contributed by atoms with Crippen LogP contribution >= 0.6 is 0 Å². The van der Waals surface area contributed by atoms with Crippen molar-refractivity contribution in [1.29, 1.82) is 0 Å². The first-order chi connectivity index (χ1) is 16.1. The van der Waals surface area contributed by atoms with Crippen LogP contribution in [0.25, 0.3) is 16.6 Å². The van der Waals surface area contributed by atoms with Gasteiger partial charge in [-0.1, -0.05) is 31.0 Å². The Morgan fingerprint density at radius 1 is 1.00 bits per heavy atom. The SMILES string of the molecule is O=C(CCCCCCNC(=O)N1CCc2c(c3ccccc3n2-c2ccc(F)cc2)C1)NO. The molecule has 0 radical (unpaired) electrons. The van der Waals surface area contributed by atoms with Crippen molar-refractivity contribution in [3.63, 3.8) is 0 Å². The lowest BCUT2D eigenvalue weighted by Gasteiger charge is -2.28. The number of hydrogen-bond donors (Lipinski definition) is 3. The summed E-state index contributed by atoms with van der Waals surface area (Å²) in [5.41, 5.74) is 5.92. The summed E-state index contributed by atoms with van der Waals surface area (Å²) in [5.74, 6) is -0.629. The summed E-state index contributed by atoms with van der Waals surface area (Å²) in [7, 11) is 0. The average Bonchev–Trinajstić information content (AvgIpc) is 3.17. The Morgan fingerprint density at radius 2 is 1.76 bits per heavy atom. The number of hydrogen-bond acceptors (Lipinski definition) is 3. The molecule has 33 heavy (non-hydrogen) atoms. The van der Waals surface area contributed by atoms with Gasteiger partial charge >= 0.3 is 6.03 Å². The molecule has 0 bridgehead atoms. The van der Waals surface area contributed by atoms with Crippen LogP contribution in [0.15, 0.2) is 48.5 Å². The number of rotatable bonds is 8. The van der Waals surface area contributed by atoms with Crippen LogP contribution in [0.2, 0.25) is 0 Å². The number of fused-ring (bicyclic) bond motifs is 3. The third kappa shape index (κ3) is 5.17. The first kappa shape index (κ1) is 22.8. The summed E-state index contributed by atoms with van der Waals surface area (Å²) in [4.78, 5) is 25.6. The number of amides is 3. The maximum absolute atomic E-state index is 13.5. The number of benzene rings is 2. The van der Waals surface area contributed by atoms with Gasteiger partial charge in [0.1, 0.15) is 5.82 Å². The van der Waals surface area contributed by atoms with E-state index in [0.29, 0.717) is 32.5 Å². The van der Waals surface area contributed by atoms with Crippen LogP contribution in [0.4, 0.5) is 9.18 Å². The van der Waals surface area contributed by atoms with Gasteiger partial charge in [-0.3, -0.25) is 10.0 Å². The summed E-state index contributed by atoms with van der Waals surface area (Å²) in [6, 6.07) is 14.6.